The first-order valence-corrected chi connectivity index (χ1v) is 8.32. The van der Waals surface area contributed by atoms with Crippen LogP contribution in [0.3, 0.4) is 0 Å². The van der Waals surface area contributed by atoms with E-state index in [1.807, 2.05) is 0 Å². The molecule has 0 aliphatic rings. The van der Waals surface area contributed by atoms with Gasteiger partial charge in [0.1, 0.15) is 5.76 Å². The summed E-state index contributed by atoms with van der Waals surface area (Å²) in [5, 5.41) is 5.38. The smallest absolute Gasteiger partial charge is 0.337 e. The number of esters is 1. The molecule has 0 saturated carbocycles. The minimum absolute atomic E-state index is 0.225. The van der Waals surface area contributed by atoms with Crippen molar-refractivity contribution < 1.29 is 23.5 Å². The van der Waals surface area contributed by atoms with Crippen LogP contribution in [-0.2, 0) is 11.3 Å². The molecule has 3 aromatic rings. The summed E-state index contributed by atoms with van der Waals surface area (Å²) in [4.78, 5) is 40.0. The molecule has 0 radical (unpaired) electrons. The lowest BCUT2D eigenvalue weighted by Crippen LogP contribution is -2.23. The maximum atomic E-state index is 12.4. The van der Waals surface area contributed by atoms with Crippen molar-refractivity contribution in [1.29, 1.82) is 0 Å². The number of anilines is 1. The highest BCUT2D eigenvalue weighted by atomic mass is 16.5. The molecule has 0 spiro atoms. The minimum atomic E-state index is -0.463. The van der Waals surface area contributed by atoms with Gasteiger partial charge < -0.3 is 19.8 Å². The van der Waals surface area contributed by atoms with E-state index < -0.39 is 11.9 Å². The number of hydrogen-bond donors (Lipinski definition) is 2. The fraction of sp³-hybridized carbons (Fsp3) is 0.100. The molecule has 8 heteroatoms. The summed E-state index contributed by atoms with van der Waals surface area (Å²) < 4.78 is 9.78. The van der Waals surface area contributed by atoms with Crippen molar-refractivity contribution in [3.8, 4) is 0 Å². The molecular weight excluding hydrogens is 362 g/mol. The van der Waals surface area contributed by atoms with Crippen LogP contribution in [0, 0.1) is 0 Å². The molecule has 0 atom stereocenters. The Labute approximate surface area is 160 Å². The van der Waals surface area contributed by atoms with Gasteiger partial charge in [-0.1, -0.05) is 0 Å². The Kier molecular flexibility index (Phi) is 5.81. The number of benzene rings is 1. The second kappa shape index (κ2) is 8.63. The summed E-state index contributed by atoms with van der Waals surface area (Å²) in [6, 6.07) is 11.2. The molecule has 0 aliphatic heterocycles. The zero-order valence-electron chi connectivity index (χ0n) is 15.0. The third-order valence-electron chi connectivity index (χ3n) is 3.83. The lowest BCUT2D eigenvalue weighted by molar-refractivity contribution is 0.0600. The van der Waals surface area contributed by atoms with Crippen molar-refractivity contribution in [2.24, 2.45) is 0 Å². The van der Waals surface area contributed by atoms with E-state index in [0.717, 1.165) is 0 Å². The Bertz CT molecular complexity index is 981. The summed E-state index contributed by atoms with van der Waals surface area (Å²) in [6.07, 6.45) is 4.26. The van der Waals surface area contributed by atoms with Gasteiger partial charge in [-0.2, -0.15) is 0 Å². The number of furan rings is 1. The third kappa shape index (κ3) is 4.61. The molecule has 2 aromatic heterocycles. The number of nitrogens with zero attached hydrogens (tertiary/aromatic N) is 1. The summed E-state index contributed by atoms with van der Waals surface area (Å²) in [7, 11) is 1.29. The fourth-order valence-corrected chi connectivity index (χ4v) is 2.38. The average molecular weight is 379 g/mol. The highest BCUT2D eigenvalue weighted by molar-refractivity contribution is 6.06. The molecular formula is C20H17N3O5. The summed E-state index contributed by atoms with van der Waals surface area (Å²) in [5.74, 6) is -0.652. The van der Waals surface area contributed by atoms with Gasteiger partial charge in [-0.25, -0.2) is 4.79 Å². The number of pyridine rings is 1. The van der Waals surface area contributed by atoms with E-state index in [4.69, 9.17) is 4.42 Å². The number of nitrogens with one attached hydrogen (secondary N) is 2. The topological polar surface area (TPSA) is 111 Å². The molecule has 0 bridgehead atoms. The zero-order chi connectivity index (χ0) is 19.9. The van der Waals surface area contributed by atoms with Gasteiger partial charge in [0.15, 0.2) is 0 Å². The summed E-state index contributed by atoms with van der Waals surface area (Å²) >= 11 is 0. The quantitative estimate of drug-likeness (QED) is 0.637. The van der Waals surface area contributed by atoms with Crippen LogP contribution in [0.1, 0.15) is 36.8 Å². The Morgan fingerprint density at radius 1 is 1.00 bits per heavy atom. The van der Waals surface area contributed by atoms with Crippen LogP contribution in [-0.4, -0.2) is 29.9 Å². The molecule has 8 nitrogen and oxygen atoms in total. The SMILES string of the molecule is COC(=O)c1ccc(NC(=O)c2cncc(C(=O)NCc3ccco3)c2)cc1. The number of ether oxygens (including phenoxy) is 1. The van der Waals surface area contributed by atoms with Crippen molar-refractivity contribution in [3.63, 3.8) is 0 Å². The third-order valence-corrected chi connectivity index (χ3v) is 3.83. The predicted octanol–water partition coefficient (Wildman–Crippen LogP) is 2.64. The van der Waals surface area contributed by atoms with Crippen molar-refractivity contribution in [1.82, 2.24) is 10.3 Å². The van der Waals surface area contributed by atoms with E-state index in [0.29, 0.717) is 17.0 Å². The van der Waals surface area contributed by atoms with Gasteiger partial charge in [0.2, 0.25) is 0 Å². The van der Waals surface area contributed by atoms with Gasteiger partial charge >= 0.3 is 5.97 Å². The van der Waals surface area contributed by atoms with Crippen LogP contribution in [0.25, 0.3) is 0 Å². The van der Waals surface area contributed by atoms with E-state index in [1.54, 1.807) is 24.3 Å². The fourth-order valence-electron chi connectivity index (χ4n) is 2.38. The molecule has 1 aromatic carbocycles. The number of aromatic nitrogens is 1. The Hall–Kier alpha value is -3.94. The van der Waals surface area contributed by atoms with Crippen molar-refractivity contribution in [3.05, 3.63) is 83.6 Å². The molecule has 28 heavy (non-hydrogen) atoms. The molecule has 2 heterocycles. The van der Waals surface area contributed by atoms with Crippen LogP contribution in [0.5, 0.6) is 0 Å². The maximum Gasteiger partial charge on any atom is 0.337 e. The van der Waals surface area contributed by atoms with Crippen LogP contribution in [0.2, 0.25) is 0 Å². The number of carbonyl (C=O) groups is 3. The van der Waals surface area contributed by atoms with Crippen LogP contribution in [0.4, 0.5) is 5.69 Å². The predicted molar refractivity (Wildman–Crippen MR) is 99.8 cm³/mol. The largest absolute Gasteiger partial charge is 0.467 e. The van der Waals surface area contributed by atoms with Crippen LogP contribution < -0.4 is 10.6 Å². The number of carbonyl (C=O) groups excluding carboxylic acids is 3. The lowest BCUT2D eigenvalue weighted by Gasteiger charge is -2.08. The Morgan fingerprint density at radius 2 is 1.71 bits per heavy atom. The minimum Gasteiger partial charge on any atom is -0.467 e. The lowest BCUT2D eigenvalue weighted by atomic mass is 10.1. The Morgan fingerprint density at radius 3 is 2.36 bits per heavy atom. The first kappa shape index (κ1) is 18.8. The number of methoxy groups -OCH3 is 1. The number of amides is 2. The van der Waals surface area contributed by atoms with Crippen molar-refractivity contribution in [2.45, 2.75) is 6.54 Å². The van der Waals surface area contributed by atoms with E-state index in [9.17, 15) is 14.4 Å². The second-order valence-electron chi connectivity index (χ2n) is 5.75. The molecule has 2 N–H and O–H groups in total. The standard InChI is InChI=1S/C20H17N3O5/c1-27-20(26)13-4-6-16(7-5-13)23-19(25)15-9-14(10-21-11-15)18(24)22-12-17-3-2-8-28-17/h2-11H,12H2,1H3,(H,22,24)(H,23,25). The van der Waals surface area contributed by atoms with Gasteiger partial charge in [-0.15, -0.1) is 0 Å². The molecule has 0 aliphatic carbocycles. The Balaban J connectivity index is 1.64. The summed E-state index contributed by atoms with van der Waals surface area (Å²) in [5.41, 5.74) is 1.34. The molecule has 0 saturated heterocycles. The van der Waals surface area contributed by atoms with Crippen LogP contribution >= 0.6 is 0 Å². The monoisotopic (exact) mass is 379 g/mol. The first-order valence-electron chi connectivity index (χ1n) is 8.32. The first-order chi connectivity index (χ1) is 13.6. The van der Waals surface area contributed by atoms with Gasteiger partial charge in [0.05, 0.1) is 36.6 Å². The van der Waals surface area contributed by atoms with Gasteiger partial charge in [0, 0.05) is 18.1 Å². The van der Waals surface area contributed by atoms with Crippen molar-refractivity contribution >= 4 is 23.5 Å². The zero-order valence-corrected chi connectivity index (χ0v) is 15.0. The number of hydrogen-bond acceptors (Lipinski definition) is 6. The molecule has 0 unspecified atom stereocenters. The number of rotatable bonds is 6. The van der Waals surface area contributed by atoms with E-state index in [2.05, 4.69) is 20.4 Å². The molecule has 2 amide bonds. The molecule has 142 valence electrons. The highest BCUT2D eigenvalue weighted by Crippen LogP contribution is 2.13. The van der Waals surface area contributed by atoms with Gasteiger partial charge in [-0.05, 0) is 42.5 Å². The maximum absolute atomic E-state index is 12.4. The summed E-state index contributed by atoms with van der Waals surface area (Å²) in [6.45, 7) is 0.231. The normalized spacial score (nSPS) is 10.2. The highest BCUT2D eigenvalue weighted by Gasteiger charge is 2.12. The second-order valence-corrected chi connectivity index (χ2v) is 5.75. The van der Waals surface area contributed by atoms with E-state index >= 15 is 0 Å². The molecule has 3 rings (SSSR count). The van der Waals surface area contributed by atoms with Crippen LogP contribution in [0.15, 0.2) is 65.5 Å². The van der Waals surface area contributed by atoms with Gasteiger partial charge in [0.25, 0.3) is 11.8 Å². The van der Waals surface area contributed by atoms with E-state index in [-0.39, 0.29) is 23.6 Å². The van der Waals surface area contributed by atoms with E-state index in [1.165, 1.54) is 44.0 Å². The van der Waals surface area contributed by atoms with Crippen molar-refractivity contribution in [2.75, 3.05) is 12.4 Å². The molecule has 0 fully saturated rings. The average Bonchev–Trinajstić information content (AvgIpc) is 3.25. The van der Waals surface area contributed by atoms with Gasteiger partial charge in [-0.3, -0.25) is 14.6 Å².